The van der Waals surface area contributed by atoms with Crippen molar-refractivity contribution in [2.24, 2.45) is 17.4 Å². The minimum atomic E-state index is -1.19. The van der Waals surface area contributed by atoms with Crippen molar-refractivity contribution in [1.82, 2.24) is 15.5 Å². The van der Waals surface area contributed by atoms with Crippen molar-refractivity contribution in [1.29, 1.82) is 0 Å². The second-order valence-electron chi connectivity index (χ2n) is 7.89. The summed E-state index contributed by atoms with van der Waals surface area (Å²) in [5.74, 6) is -2.79. The van der Waals surface area contributed by atoms with Gasteiger partial charge in [0.2, 0.25) is 17.7 Å². The number of carbonyl (C=O) groups excluding carboxylic acids is 3. The van der Waals surface area contributed by atoms with Crippen LogP contribution < -0.4 is 22.1 Å². The lowest BCUT2D eigenvalue weighted by molar-refractivity contribution is -0.145. The van der Waals surface area contributed by atoms with Crippen LogP contribution in [0.2, 0.25) is 0 Å². The third-order valence-electron chi connectivity index (χ3n) is 5.17. The number of thiol groups is 1. The smallest absolute Gasteiger partial charge is 0.327 e. The second kappa shape index (κ2) is 12.8. The number of amides is 3. The van der Waals surface area contributed by atoms with E-state index in [1.54, 1.807) is 13.8 Å². The zero-order valence-corrected chi connectivity index (χ0v) is 18.6. The molecule has 0 bridgehead atoms. The topological polar surface area (TPSA) is 168 Å². The molecule has 0 spiro atoms. The van der Waals surface area contributed by atoms with E-state index in [0.29, 0.717) is 32.4 Å². The molecule has 0 aromatic heterocycles. The van der Waals surface area contributed by atoms with E-state index in [9.17, 15) is 19.2 Å². The normalized spacial score (nSPS) is 19.3. The van der Waals surface area contributed by atoms with Gasteiger partial charge in [0.15, 0.2) is 0 Å². The Morgan fingerprint density at radius 2 is 1.87 bits per heavy atom. The Kier molecular flexibility index (Phi) is 11.1. The standard InChI is InChI=1S/C19H35N5O5S/c1-11(2)15(23-16(25)12(21)6-3-4-8-20)18(27)24-9-5-7-14(24)17(26)22-13(10-30)19(28)29/h11-15,30H,3-10,20-21H2,1-2H3,(H,22,26)(H,23,25)(H,28,29). The van der Waals surface area contributed by atoms with Crippen LogP contribution in [0.15, 0.2) is 0 Å². The number of carboxylic acid groups (broad SMARTS) is 1. The molecule has 172 valence electrons. The Hall–Kier alpha value is -1.85. The zero-order valence-electron chi connectivity index (χ0n) is 17.7. The number of likely N-dealkylation sites (tertiary alicyclic amines) is 1. The number of rotatable bonds is 12. The van der Waals surface area contributed by atoms with Gasteiger partial charge in [-0.3, -0.25) is 14.4 Å². The molecule has 0 saturated carbocycles. The number of carboxylic acids is 1. The Bertz CT molecular complexity index is 618. The summed E-state index contributed by atoms with van der Waals surface area (Å²) in [5, 5.41) is 14.3. The summed E-state index contributed by atoms with van der Waals surface area (Å²) in [4.78, 5) is 50.8. The quantitative estimate of drug-likeness (QED) is 0.167. The lowest BCUT2D eigenvalue weighted by Crippen LogP contribution is -2.58. The van der Waals surface area contributed by atoms with Crippen molar-refractivity contribution in [2.75, 3.05) is 18.8 Å². The first-order chi connectivity index (χ1) is 14.1. The van der Waals surface area contributed by atoms with E-state index in [1.165, 1.54) is 4.90 Å². The molecule has 7 N–H and O–H groups in total. The SMILES string of the molecule is CC(C)C(NC(=O)C(N)CCCCN)C(=O)N1CCCC1C(=O)NC(CS)C(=O)O. The van der Waals surface area contributed by atoms with Crippen LogP contribution in [0.3, 0.4) is 0 Å². The van der Waals surface area contributed by atoms with Gasteiger partial charge in [0, 0.05) is 12.3 Å². The highest BCUT2D eigenvalue weighted by atomic mass is 32.1. The maximum atomic E-state index is 13.2. The van der Waals surface area contributed by atoms with Gasteiger partial charge in [-0.2, -0.15) is 12.6 Å². The molecule has 1 aliphatic heterocycles. The molecule has 0 aliphatic carbocycles. The highest BCUT2D eigenvalue weighted by Gasteiger charge is 2.39. The summed E-state index contributed by atoms with van der Waals surface area (Å²) in [6.07, 6.45) is 2.99. The fourth-order valence-corrected chi connectivity index (χ4v) is 3.60. The summed E-state index contributed by atoms with van der Waals surface area (Å²) < 4.78 is 0. The van der Waals surface area contributed by atoms with Crippen molar-refractivity contribution in [3.05, 3.63) is 0 Å². The van der Waals surface area contributed by atoms with E-state index >= 15 is 0 Å². The molecule has 1 saturated heterocycles. The van der Waals surface area contributed by atoms with Crippen molar-refractivity contribution in [3.8, 4) is 0 Å². The van der Waals surface area contributed by atoms with E-state index in [4.69, 9.17) is 16.6 Å². The molecule has 4 unspecified atom stereocenters. The van der Waals surface area contributed by atoms with Gasteiger partial charge in [-0.15, -0.1) is 0 Å². The average Bonchev–Trinajstić information content (AvgIpc) is 3.18. The molecule has 0 aromatic rings. The molecule has 1 aliphatic rings. The van der Waals surface area contributed by atoms with E-state index in [1.807, 2.05) is 0 Å². The molecule has 10 nitrogen and oxygen atoms in total. The van der Waals surface area contributed by atoms with Crippen molar-refractivity contribution < 1.29 is 24.3 Å². The molecule has 1 rings (SSSR count). The first-order valence-corrected chi connectivity index (χ1v) is 11.0. The summed E-state index contributed by atoms with van der Waals surface area (Å²) in [7, 11) is 0. The fraction of sp³-hybridized carbons (Fsp3) is 0.789. The van der Waals surface area contributed by atoms with Gasteiger partial charge in [-0.1, -0.05) is 20.3 Å². The number of nitrogens with zero attached hydrogens (tertiary/aromatic N) is 1. The first kappa shape index (κ1) is 26.2. The molecule has 1 heterocycles. The van der Waals surface area contributed by atoms with Gasteiger partial charge >= 0.3 is 5.97 Å². The highest BCUT2D eigenvalue weighted by molar-refractivity contribution is 7.80. The Labute approximate surface area is 182 Å². The monoisotopic (exact) mass is 445 g/mol. The molecule has 4 atom stereocenters. The predicted molar refractivity (Wildman–Crippen MR) is 116 cm³/mol. The lowest BCUT2D eigenvalue weighted by atomic mass is 10.0. The third kappa shape index (κ3) is 7.44. The van der Waals surface area contributed by atoms with Crippen LogP contribution in [0.4, 0.5) is 0 Å². The predicted octanol–water partition coefficient (Wildman–Crippen LogP) is -0.926. The molecule has 0 aromatic carbocycles. The van der Waals surface area contributed by atoms with Gasteiger partial charge < -0.3 is 32.1 Å². The minimum Gasteiger partial charge on any atom is -0.480 e. The second-order valence-corrected chi connectivity index (χ2v) is 8.26. The highest BCUT2D eigenvalue weighted by Crippen LogP contribution is 2.21. The van der Waals surface area contributed by atoms with Gasteiger partial charge in [-0.05, 0) is 38.1 Å². The van der Waals surface area contributed by atoms with Gasteiger partial charge in [0.05, 0.1) is 6.04 Å². The third-order valence-corrected chi connectivity index (χ3v) is 5.54. The number of hydrogen-bond donors (Lipinski definition) is 6. The molecule has 0 radical (unpaired) electrons. The van der Waals surface area contributed by atoms with Crippen LogP contribution in [0.25, 0.3) is 0 Å². The minimum absolute atomic E-state index is 0.0611. The van der Waals surface area contributed by atoms with E-state index < -0.39 is 42.0 Å². The summed E-state index contributed by atoms with van der Waals surface area (Å²) in [6, 6.07) is -3.48. The molecular formula is C19H35N5O5S. The number of unbranched alkanes of at least 4 members (excludes halogenated alkanes) is 1. The molecule has 11 heteroatoms. The number of aliphatic carboxylic acids is 1. The van der Waals surface area contributed by atoms with Crippen LogP contribution in [-0.2, 0) is 19.2 Å². The maximum absolute atomic E-state index is 13.2. The summed E-state index contributed by atoms with van der Waals surface area (Å²) >= 11 is 3.94. The molecule has 30 heavy (non-hydrogen) atoms. The van der Waals surface area contributed by atoms with Crippen LogP contribution >= 0.6 is 12.6 Å². The molecule has 3 amide bonds. The first-order valence-electron chi connectivity index (χ1n) is 10.3. The number of nitrogens with two attached hydrogens (primary N) is 2. The Balaban J connectivity index is 2.82. The average molecular weight is 446 g/mol. The molecule has 1 fully saturated rings. The van der Waals surface area contributed by atoms with E-state index in [2.05, 4.69) is 23.3 Å². The number of carbonyl (C=O) groups is 4. The fourth-order valence-electron chi connectivity index (χ4n) is 3.35. The summed E-state index contributed by atoms with van der Waals surface area (Å²) in [5.41, 5.74) is 11.4. The number of hydrogen-bond acceptors (Lipinski definition) is 7. The maximum Gasteiger partial charge on any atom is 0.327 e. The Morgan fingerprint density at radius 1 is 1.20 bits per heavy atom. The van der Waals surface area contributed by atoms with Gasteiger partial charge in [0.25, 0.3) is 0 Å². The van der Waals surface area contributed by atoms with Crippen molar-refractivity contribution >= 4 is 36.3 Å². The summed E-state index contributed by atoms with van der Waals surface area (Å²) in [6.45, 7) is 4.48. The number of nitrogens with one attached hydrogen (secondary N) is 2. The van der Waals surface area contributed by atoms with Crippen LogP contribution in [0.5, 0.6) is 0 Å². The molecular weight excluding hydrogens is 410 g/mol. The van der Waals surface area contributed by atoms with E-state index in [-0.39, 0.29) is 17.6 Å². The van der Waals surface area contributed by atoms with Crippen LogP contribution in [0, 0.1) is 5.92 Å². The van der Waals surface area contributed by atoms with E-state index in [0.717, 1.165) is 12.8 Å². The van der Waals surface area contributed by atoms with Gasteiger partial charge in [0.1, 0.15) is 18.1 Å². The lowest BCUT2D eigenvalue weighted by Gasteiger charge is -2.31. The Morgan fingerprint density at radius 3 is 2.40 bits per heavy atom. The van der Waals surface area contributed by atoms with Gasteiger partial charge in [-0.25, -0.2) is 4.79 Å². The van der Waals surface area contributed by atoms with Crippen molar-refractivity contribution in [2.45, 2.75) is 70.1 Å². The largest absolute Gasteiger partial charge is 0.480 e. The van der Waals surface area contributed by atoms with Crippen LogP contribution in [0.1, 0.15) is 46.0 Å². The van der Waals surface area contributed by atoms with Crippen LogP contribution in [-0.4, -0.2) is 76.7 Å². The van der Waals surface area contributed by atoms with Crippen molar-refractivity contribution in [3.63, 3.8) is 0 Å². The zero-order chi connectivity index (χ0) is 22.8.